The van der Waals surface area contributed by atoms with Crippen LogP contribution in [0.25, 0.3) is 66.4 Å². The minimum absolute atomic E-state index is 0.0200. The molecule has 1 atom stereocenters. The van der Waals surface area contributed by atoms with Crippen LogP contribution in [-0.4, -0.2) is 5.78 Å². The molecule has 0 fully saturated rings. The number of furan rings is 1. The maximum Gasteiger partial charge on any atom is 0.193 e. The summed E-state index contributed by atoms with van der Waals surface area (Å²) in [4.78, 5) is 15.2. The molecule has 2 spiro atoms. The van der Waals surface area contributed by atoms with Crippen molar-refractivity contribution in [1.82, 2.24) is 0 Å². The highest BCUT2D eigenvalue weighted by atomic mass is 16.3. The molecule has 0 amide bonds. The van der Waals surface area contributed by atoms with Gasteiger partial charge in [0.1, 0.15) is 11.2 Å². The minimum Gasteiger partial charge on any atom is -0.455 e. The van der Waals surface area contributed by atoms with E-state index in [1.54, 1.807) is 0 Å². The first-order valence-electron chi connectivity index (χ1n) is 20.5. The van der Waals surface area contributed by atoms with Crippen molar-refractivity contribution < 1.29 is 9.21 Å². The Bertz CT molecular complexity index is 3480. The van der Waals surface area contributed by atoms with Crippen LogP contribution in [0.4, 0.5) is 0 Å². The fraction of sp³-hybridized carbons (Fsp3) is 0.0351. The van der Waals surface area contributed by atoms with Crippen molar-refractivity contribution in [2.24, 2.45) is 0 Å². The van der Waals surface area contributed by atoms with E-state index in [4.69, 9.17) is 4.42 Å². The van der Waals surface area contributed by atoms with Crippen molar-refractivity contribution in [3.05, 3.63) is 250 Å². The van der Waals surface area contributed by atoms with Gasteiger partial charge in [-0.1, -0.05) is 176 Å². The summed E-state index contributed by atoms with van der Waals surface area (Å²) < 4.78 is 6.74. The van der Waals surface area contributed by atoms with Gasteiger partial charge in [-0.15, -0.1) is 0 Å². The number of hydrogen-bond donors (Lipinski definition) is 0. The van der Waals surface area contributed by atoms with E-state index in [0.29, 0.717) is 11.1 Å². The molecule has 1 heterocycles. The zero-order valence-corrected chi connectivity index (χ0v) is 31.8. The number of carbonyl (C=O) groups excluding carboxylic acids is 1. The average molecular weight is 749 g/mol. The van der Waals surface area contributed by atoms with E-state index in [1.165, 1.54) is 72.3 Å². The number of para-hydroxylation sites is 1. The molecule has 59 heavy (non-hydrogen) atoms. The second kappa shape index (κ2) is 10.9. The molecular weight excluding hydrogens is 717 g/mol. The van der Waals surface area contributed by atoms with Crippen LogP contribution in [-0.2, 0) is 10.8 Å². The fourth-order valence-electron chi connectivity index (χ4n) is 11.9. The molecule has 4 aliphatic rings. The van der Waals surface area contributed by atoms with Gasteiger partial charge < -0.3 is 4.42 Å². The van der Waals surface area contributed by atoms with Crippen LogP contribution in [0.5, 0.6) is 0 Å². The standard InChI is InChI=1S/C57H32O2/c58-54(33-25-27-39-37-15-3-9-21-46(37)56(50(39)31-33)44-19-7-1-13-35(44)36-14-2-8-20-45(36)56)34-26-28-40-38-16-4-10-22-47(38)57(51(40)32-34)48-23-11-5-18-43(48)53-49(57)30-29-42-41-17-6-12-24-52(41)59-55(42)53/h1-32H. The Hall–Kier alpha value is -7.55. The van der Waals surface area contributed by atoms with E-state index in [1.807, 2.05) is 18.2 Å². The molecule has 272 valence electrons. The van der Waals surface area contributed by atoms with Gasteiger partial charge in [0.2, 0.25) is 0 Å². The summed E-state index contributed by atoms with van der Waals surface area (Å²) in [5, 5.41) is 2.23. The number of hydrogen-bond acceptors (Lipinski definition) is 2. The predicted molar refractivity (Wildman–Crippen MR) is 236 cm³/mol. The quantitative estimate of drug-likeness (QED) is 0.165. The molecular formula is C57H32O2. The second-order valence-electron chi connectivity index (χ2n) is 16.5. The molecule has 0 saturated heterocycles. The van der Waals surface area contributed by atoms with Gasteiger partial charge in [-0.25, -0.2) is 0 Å². The monoisotopic (exact) mass is 748 g/mol. The molecule has 2 nitrogen and oxygen atoms in total. The molecule has 10 aromatic rings. The molecule has 0 bridgehead atoms. The smallest absolute Gasteiger partial charge is 0.193 e. The van der Waals surface area contributed by atoms with Gasteiger partial charge in [-0.05, 0) is 102 Å². The third-order valence-corrected chi connectivity index (χ3v) is 14.1. The summed E-state index contributed by atoms with van der Waals surface area (Å²) in [5.41, 5.74) is 21.4. The summed E-state index contributed by atoms with van der Waals surface area (Å²) in [6.45, 7) is 0. The number of rotatable bonds is 2. The van der Waals surface area contributed by atoms with Crippen LogP contribution >= 0.6 is 0 Å². The Morgan fingerprint density at radius 3 is 1.27 bits per heavy atom. The molecule has 1 aromatic heterocycles. The van der Waals surface area contributed by atoms with Gasteiger partial charge in [-0.3, -0.25) is 4.79 Å². The average Bonchev–Trinajstić information content (AvgIpc) is 4.07. The van der Waals surface area contributed by atoms with Crippen LogP contribution in [0, 0.1) is 0 Å². The predicted octanol–water partition coefficient (Wildman–Crippen LogP) is 13.5. The third-order valence-electron chi connectivity index (χ3n) is 14.1. The largest absolute Gasteiger partial charge is 0.455 e. The highest BCUT2D eigenvalue weighted by Crippen LogP contribution is 2.65. The lowest BCUT2D eigenvalue weighted by Crippen LogP contribution is -2.26. The second-order valence-corrected chi connectivity index (χ2v) is 16.5. The molecule has 0 radical (unpaired) electrons. The number of ketones is 1. The molecule has 2 heteroatoms. The Kier molecular flexibility index (Phi) is 5.82. The summed E-state index contributed by atoms with van der Waals surface area (Å²) in [7, 11) is 0. The summed E-state index contributed by atoms with van der Waals surface area (Å²) in [6, 6.07) is 69.7. The van der Waals surface area contributed by atoms with E-state index >= 15 is 4.79 Å². The highest BCUT2D eigenvalue weighted by Gasteiger charge is 2.54. The molecule has 0 aliphatic heterocycles. The number of carbonyl (C=O) groups is 1. The van der Waals surface area contributed by atoms with E-state index in [-0.39, 0.29) is 5.78 Å². The number of fused-ring (bicyclic) bond motifs is 24. The molecule has 0 N–H and O–H groups in total. The molecule has 0 saturated carbocycles. The van der Waals surface area contributed by atoms with Crippen LogP contribution in [0.15, 0.2) is 199 Å². The Balaban J connectivity index is 0.992. The maximum atomic E-state index is 15.2. The van der Waals surface area contributed by atoms with Crippen LogP contribution in [0.2, 0.25) is 0 Å². The van der Waals surface area contributed by atoms with Crippen molar-refractivity contribution in [1.29, 1.82) is 0 Å². The summed E-state index contributed by atoms with van der Waals surface area (Å²) in [5.74, 6) is 0.0200. The van der Waals surface area contributed by atoms with E-state index < -0.39 is 10.8 Å². The molecule has 14 rings (SSSR count). The van der Waals surface area contributed by atoms with Crippen LogP contribution in [0.3, 0.4) is 0 Å². The maximum absolute atomic E-state index is 15.2. The minimum atomic E-state index is -0.623. The highest BCUT2D eigenvalue weighted by molar-refractivity contribution is 6.14. The van der Waals surface area contributed by atoms with E-state index in [2.05, 4.69) is 176 Å². The van der Waals surface area contributed by atoms with Crippen LogP contribution < -0.4 is 0 Å². The van der Waals surface area contributed by atoms with Crippen molar-refractivity contribution in [2.75, 3.05) is 0 Å². The fourth-order valence-corrected chi connectivity index (χ4v) is 11.9. The van der Waals surface area contributed by atoms with Crippen molar-refractivity contribution in [3.63, 3.8) is 0 Å². The first-order chi connectivity index (χ1) is 29.2. The topological polar surface area (TPSA) is 30.2 Å². The lowest BCUT2D eigenvalue weighted by Gasteiger charge is -2.31. The van der Waals surface area contributed by atoms with Crippen LogP contribution in [0.1, 0.15) is 60.4 Å². The van der Waals surface area contributed by atoms with Gasteiger partial charge in [0.15, 0.2) is 5.78 Å². The number of benzene rings is 9. The van der Waals surface area contributed by atoms with E-state index in [9.17, 15) is 0 Å². The summed E-state index contributed by atoms with van der Waals surface area (Å²) in [6.07, 6.45) is 0. The Labute approximate surface area is 340 Å². The van der Waals surface area contributed by atoms with Gasteiger partial charge in [-0.2, -0.15) is 0 Å². The van der Waals surface area contributed by atoms with Gasteiger partial charge >= 0.3 is 0 Å². The van der Waals surface area contributed by atoms with Crippen molar-refractivity contribution in [3.8, 4) is 44.5 Å². The van der Waals surface area contributed by atoms with Crippen molar-refractivity contribution in [2.45, 2.75) is 10.8 Å². The lowest BCUT2D eigenvalue weighted by atomic mass is 9.70. The van der Waals surface area contributed by atoms with Crippen molar-refractivity contribution >= 4 is 27.7 Å². The molecule has 9 aromatic carbocycles. The Morgan fingerprint density at radius 2 is 0.746 bits per heavy atom. The van der Waals surface area contributed by atoms with Gasteiger partial charge in [0.05, 0.1) is 10.8 Å². The first kappa shape index (κ1) is 31.5. The first-order valence-corrected chi connectivity index (χ1v) is 20.5. The summed E-state index contributed by atoms with van der Waals surface area (Å²) >= 11 is 0. The normalized spacial score (nSPS) is 16.4. The third kappa shape index (κ3) is 3.60. The SMILES string of the molecule is O=C(c1ccc2c(c1)C1(c3ccccc3-c3ccccc31)c1ccccc1-2)c1ccc2c(c1)C1(c3ccccc3-2)c2ccccc2-c2c1ccc1c2oc2ccccc21. The Morgan fingerprint density at radius 1 is 0.339 bits per heavy atom. The molecule has 1 unspecified atom stereocenters. The zero-order chi connectivity index (χ0) is 38.6. The lowest BCUT2D eigenvalue weighted by molar-refractivity contribution is 0.103. The van der Waals surface area contributed by atoms with Gasteiger partial charge in [0.25, 0.3) is 0 Å². The van der Waals surface area contributed by atoms with Gasteiger partial charge in [0, 0.05) is 27.5 Å². The molecule has 4 aliphatic carbocycles. The zero-order valence-electron chi connectivity index (χ0n) is 31.8. The van der Waals surface area contributed by atoms with E-state index in [0.717, 1.165) is 38.6 Å².